The molecule has 6 heteroatoms. The Bertz CT molecular complexity index is 535. The van der Waals surface area contributed by atoms with Crippen LogP contribution in [0.5, 0.6) is 0 Å². The Morgan fingerprint density at radius 1 is 1.41 bits per heavy atom. The summed E-state index contributed by atoms with van der Waals surface area (Å²) in [6.45, 7) is 3.70. The molecule has 0 bridgehead atoms. The van der Waals surface area contributed by atoms with E-state index in [0.717, 1.165) is 11.4 Å². The number of aryl methyl sites for hydroxylation is 3. The van der Waals surface area contributed by atoms with Crippen LogP contribution in [-0.2, 0) is 13.5 Å². The zero-order chi connectivity index (χ0) is 12.4. The molecule has 17 heavy (non-hydrogen) atoms. The Hall–Kier alpha value is -1.98. The highest BCUT2D eigenvalue weighted by atomic mass is 19.1. The van der Waals surface area contributed by atoms with Gasteiger partial charge in [-0.1, -0.05) is 6.92 Å². The lowest BCUT2D eigenvalue weighted by Crippen LogP contribution is -2.02. The van der Waals surface area contributed by atoms with Crippen LogP contribution in [0.25, 0.3) is 0 Å². The van der Waals surface area contributed by atoms with Gasteiger partial charge in [0.2, 0.25) is 0 Å². The predicted molar refractivity (Wildman–Crippen MR) is 62.6 cm³/mol. The van der Waals surface area contributed by atoms with Gasteiger partial charge in [0.25, 0.3) is 0 Å². The second-order valence-corrected chi connectivity index (χ2v) is 3.76. The Morgan fingerprint density at radius 2 is 2.18 bits per heavy atom. The Morgan fingerprint density at radius 3 is 2.76 bits per heavy atom. The van der Waals surface area contributed by atoms with Gasteiger partial charge in [-0.15, -0.1) is 0 Å². The highest BCUT2D eigenvalue weighted by Gasteiger charge is 2.11. The maximum Gasteiger partial charge on any atom is 0.187 e. The smallest absolute Gasteiger partial charge is 0.187 e. The molecule has 0 aliphatic heterocycles. The van der Waals surface area contributed by atoms with E-state index in [1.54, 1.807) is 10.9 Å². The minimum absolute atomic E-state index is 0.188. The molecule has 90 valence electrons. The molecule has 2 aromatic rings. The molecule has 0 unspecified atom stereocenters. The van der Waals surface area contributed by atoms with Gasteiger partial charge in [-0.25, -0.2) is 14.4 Å². The lowest BCUT2D eigenvalue weighted by molar-refractivity contribution is 0.598. The zero-order valence-electron chi connectivity index (χ0n) is 10.0. The molecule has 1 N–H and O–H groups in total. The molecule has 0 saturated heterocycles. The van der Waals surface area contributed by atoms with Gasteiger partial charge in [0.1, 0.15) is 6.33 Å². The van der Waals surface area contributed by atoms with Crippen LogP contribution in [0, 0.1) is 12.7 Å². The van der Waals surface area contributed by atoms with E-state index >= 15 is 0 Å². The lowest BCUT2D eigenvalue weighted by atomic mass is 10.3. The largest absolute Gasteiger partial charge is 0.335 e. The van der Waals surface area contributed by atoms with Crippen molar-refractivity contribution < 1.29 is 4.39 Å². The van der Waals surface area contributed by atoms with Crippen LogP contribution in [0.4, 0.5) is 15.9 Å². The molecule has 0 amide bonds. The zero-order valence-corrected chi connectivity index (χ0v) is 10.0. The van der Waals surface area contributed by atoms with Crippen LogP contribution >= 0.6 is 0 Å². The van der Waals surface area contributed by atoms with Crippen LogP contribution in [0.2, 0.25) is 0 Å². The monoisotopic (exact) mass is 235 g/mol. The van der Waals surface area contributed by atoms with E-state index in [-0.39, 0.29) is 5.82 Å². The summed E-state index contributed by atoms with van der Waals surface area (Å²) < 4.78 is 15.5. The molecule has 0 saturated carbocycles. The SMILES string of the molecule is CCc1ncnc(Nc2cn(C)nc2C)c1F. The fraction of sp³-hybridized carbons (Fsp3) is 0.364. The van der Waals surface area contributed by atoms with Gasteiger partial charge in [0, 0.05) is 13.2 Å². The normalized spacial score (nSPS) is 10.6. The number of anilines is 2. The van der Waals surface area contributed by atoms with Crippen LogP contribution in [0.15, 0.2) is 12.5 Å². The Balaban J connectivity index is 2.33. The second kappa shape index (κ2) is 4.48. The molecular weight excluding hydrogens is 221 g/mol. The van der Waals surface area contributed by atoms with Crippen LogP contribution in [-0.4, -0.2) is 19.7 Å². The molecular formula is C11H14FN5. The molecule has 2 rings (SSSR count). The lowest BCUT2D eigenvalue weighted by Gasteiger charge is -2.06. The van der Waals surface area contributed by atoms with E-state index < -0.39 is 5.82 Å². The molecule has 0 aromatic carbocycles. The summed E-state index contributed by atoms with van der Waals surface area (Å²) in [5.41, 5.74) is 1.94. The number of nitrogens with zero attached hydrogens (tertiary/aromatic N) is 4. The predicted octanol–water partition coefficient (Wildman–Crippen LogP) is 1.96. The first kappa shape index (κ1) is 11.5. The van der Waals surface area contributed by atoms with Crippen LogP contribution in [0.1, 0.15) is 18.3 Å². The average Bonchev–Trinajstić information content (AvgIpc) is 2.60. The van der Waals surface area contributed by atoms with Crippen molar-refractivity contribution >= 4 is 11.5 Å². The fourth-order valence-electron chi connectivity index (χ4n) is 1.59. The standard InChI is InChI=1S/C11H14FN5/c1-4-8-10(12)11(14-6-13-8)15-9-5-17(3)16-7(9)2/h5-6H,4H2,1-3H3,(H,13,14,15). The molecule has 0 spiro atoms. The molecule has 0 radical (unpaired) electrons. The average molecular weight is 235 g/mol. The number of hydrogen-bond donors (Lipinski definition) is 1. The van der Waals surface area contributed by atoms with Crippen molar-refractivity contribution in [3.8, 4) is 0 Å². The molecule has 5 nitrogen and oxygen atoms in total. The van der Waals surface area contributed by atoms with E-state index in [0.29, 0.717) is 12.1 Å². The van der Waals surface area contributed by atoms with Gasteiger partial charge in [-0.05, 0) is 13.3 Å². The first-order chi connectivity index (χ1) is 8.11. The molecule has 0 aliphatic carbocycles. The minimum Gasteiger partial charge on any atom is -0.335 e. The topological polar surface area (TPSA) is 55.6 Å². The number of nitrogens with one attached hydrogen (secondary N) is 1. The summed E-state index contributed by atoms with van der Waals surface area (Å²) in [6, 6.07) is 0. The summed E-state index contributed by atoms with van der Waals surface area (Å²) in [7, 11) is 1.81. The minimum atomic E-state index is -0.404. The number of halogens is 1. The third-order valence-corrected chi connectivity index (χ3v) is 2.46. The van der Waals surface area contributed by atoms with E-state index in [1.165, 1.54) is 6.33 Å². The van der Waals surface area contributed by atoms with Gasteiger partial charge >= 0.3 is 0 Å². The van der Waals surface area contributed by atoms with E-state index in [4.69, 9.17) is 0 Å². The maximum atomic E-state index is 13.9. The summed E-state index contributed by atoms with van der Waals surface area (Å²) in [6.07, 6.45) is 3.67. The van der Waals surface area contributed by atoms with Crippen molar-refractivity contribution in [3.63, 3.8) is 0 Å². The van der Waals surface area contributed by atoms with Crippen molar-refractivity contribution in [2.75, 3.05) is 5.32 Å². The summed E-state index contributed by atoms with van der Waals surface area (Å²) in [4.78, 5) is 7.78. The summed E-state index contributed by atoms with van der Waals surface area (Å²) >= 11 is 0. The molecule has 2 heterocycles. The van der Waals surface area contributed by atoms with E-state index in [1.807, 2.05) is 20.9 Å². The Labute approximate surface area is 98.7 Å². The van der Waals surface area contributed by atoms with Gasteiger partial charge in [-0.3, -0.25) is 4.68 Å². The fourth-order valence-corrected chi connectivity index (χ4v) is 1.59. The summed E-state index contributed by atoms with van der Waals surface area (Å²) in [5.74, 6) is -0.216. The third-order valence-electron chi connectivity index (χ3n) is 2.46. The number of aromatic nitrogens is 4. The van der Waals surface area contributed by atoms with Gasteiger partial charge < -0.3 is 5.32 Å². The van der Waals surface area contributed by atoms with Crippen LogP contribution < -0.4 is 5.32 Å². The van der Waals surface area contributed by atoms with E-state index in [2.05, 4.69) is 20.4 Å². The second-order valence-electron chi connectivity index (χ2n) is 3.76. The molecule has 0 aliphatic rings. The van der Waals surface area contributed by atoms with Gasteiger partial charge in [0.15, 0.2) is 11.6 Å². The van der Waals surface area contributed by atoms with Crippen molar-refractivity contribution in [3.05, 3.63) is 29.7 Å². The first-order valence-electron chi connectivity index (χ1n) is 5.38. The number of rotatable bonds is 3. The van der Waals surface area contributed by atoms with Crippen LogP contribution in [0.3, 0.4) is 0 Å². The first-order valence-corrected chi connectivity index (χ1v) is 5.38. The van der Waals surface area contributed by atoms with Crippen molar-refractivity contribution in [1.82, 2.24) is 19.7 Å². The van der Waals surface area contributed by atoms with Crippen molar-refractivity contribution in [1.29, 1.82) is 0 Å². The quantitative estimate of drug-likeness (QED) is 0.883. The van der Waals surface area contributed by atoms with Crippen molar-refractivity contribution in [2.24, 2.45) is 7.05 Å². The third kappa shape index (κ3) is 2.25. The summed E-state index contributed by atoms with van der Waals surface area (Å²) in [5, 5.41) is 7.09. The highest BCUT2D eigenvalue weighted by molar-refractivity contribution is 5.58. The molecule has 0 fully saturated rings. The molecule has 2 aromatic heterocycles. The highest BCUT2D eigenvalue weighted by Crippen LogP contribution is 2.20. The maximum absolute atomic E-state index is 13.9. The number of hydrogen-bond acceptors (Lipinski definition) is 4. The molecule has 0 atom stereocenters. The van der Waals surface area contributed by atoms with Crippen molar-refractivity contribution in [2.45, 2.75) is 20.3 Å². The van der Waals surface area contributed by atoms with E-state index in [9.17, 15) is 4.39 Å². The Kier molecular flexibility index (Phi) is 3.03. The van der Waals surface area contributed by atoms with Gasteiger partial charge in [-0.2, -0.15) is 5.10 Å². The van der Waals surface area contributed by atoms with Gasteiger partial charge in [0.05, 0.1) is 17.1 Å².